The average molecular weight is 533 g/mol. The Hall–Kier alpha value is -3.43. The lowest BCUT2D eigenvalue weighted by Crippen LogP contribution is -2.41. The van der Waals surface area contributed by atoms with E-state index in [0.717, 1.165) is 15.4 Å². The molecule has 0 radical (unpaired) electrons. The van der Waals surface area contributed by atoms with Crippen LogP contribution in [-0.4, -0.2) is 48.2 Å². The van der Waals surface area contributed by atoms with Crippen LogP contribution in [0.25, 0.3) is 0 Å². The lowest BCUT2D eigenvalue weighted by Gasteiger charge is -2.24. The Bertz CT molecular complexity index is 1310. The Morgan fingerprint density at radius 3 is 2.28 bits per heavy atom. The zero-order valence-electron chi connectivity index (χ0n) is 20.6. The average Bonchev–Trinajstić information content (AvgIpc) is 2.87. The van der Waals surface area contributed by atoms with Crippen LogP contribution in [-0.2, 0) is 14.8 Å². The number of amides is 1. The molecule has 1 amide bonds. The summed E-state index contributed by atoms with van der Waals surface area (Å²) in [7, 11) is -1.22. The molecule has 0 bridgehead atoms. The monoisotopic (exact) mass is 532 g/mol. The summed E-state index contributed by atoms with van der Waals surface area (Å²) in [4.78, 5) is 12.7. The SMILES string of the molecule is COc1ccc(S(=O)(=O)N(CC(=O)NCCOc2ccc(C)c(Cl)c2)c2ccc(C)cc2)cc1OC. The van der Waals surface area contributed by atoms with Crippen LogP contribution in [0.5, 0.6) is 17.2 Å². The van der Waals surface area contributed by atoms with Gasteiger partial charge in [-0.25, -0.2) is 8.42 Å². The number of rotatable bonds is 11. The van der Waals surface area contributed by atoms with Gasteiger partial charge in [0.2, 0.25) is 5.91 Å². The maximum absolute atomic E-state index is 13.6. The first kappa shape index (κ1) is 27.2. The maximum atomic E-state index is 13.6. The molecule has 0 saturated carbocycles. The molecule has 0 aliphatic rings. The molecule has 0 aromatic heterocycles. The molecule has 3 aromatic rings. The summed E-state index contributed by atoms with van der Waals surface area (Å²) in [6, 6.07) is 16.5. The van der Waals surface area contributed by atoms with Crippen molar-refractivity contribution in [2.45, 2.75) is 18.7 Å². The molecular weight excluding hydrogens is 504 g/mol. The van der Waals surface area contributed by atoms with Gasteiger partial charge in [-0.15, -0.1) is 0 Å². The van der Waals surface area contributed by atoms with Crippen LogP contribution in [0.3, 0.4) is 0 Å². The van der Waals surface area contributed by atoms with Crippen molar-refractivity contribution in [1.82, 2.24) is 5.32 Å². The number of nitrogens with zero attached hydrogens (tertiary/aromatic N) is 1. The molecule has 3 aromatic carbocycles. The minimum Gasteiger partial charge on any atom is -0.493 e. The fourth-order valence-electron chi connectivity index (χ4n) is 3.34. The van der Waals surface area contributed by atoms with Crippen molar-refractivity contribution in [1.29, 1.82) is 0 Å². The summed E-state index contributed by atoms with van der Waals surface area (Å²) in [5, 5.41) is 3.30. The highest BCUT2D eigenvalue weighted by atomic mass is 35.5. The molecule has 0 fully saturated rings. The Morgan fingerprint density at radius 1 is 0.944 bits per heavy atom. The van der Waals surface area contributed by atoms with E-state index < -0.39 is 22.5 Å². The van der Waals surface area contributed by atoms with Crippen molar-refractivity contribution >= 4 is 33.2 Å². The molecule has 0 unspecified atom stereocenters. The van der Waals surface area contributed by atoms with E-state index in [1.54, 1.807) is 36.4 Å². The van der Waals surface area contributed by atoms with Gasteiger partial charge in [-0.1, -0.05) is 35.4 Å². The second kappa shape index (κ2) is 12.0. The zero-order chi connectivity index (χ0) is 26.3. The number of carbonyl (C=O) groups is 1. The Morgan fingerprint density at radius 2 is 1.64 bits per heavy atom. The third-order valence-electron chi connectivity index (χ3n) is 5.39. The van der Waals surface area contributed by atoms with Crippen LogP contribution in [0.15, 0.2) is 65.6 Å². The van der Waals surface area contributed by atoms with Gasteiger partial charge < -0.3 is 19.5 Å². The summed E-state index contributed by atoms with van der Waals surface area (Å²) in [5.74, 6) is 0.758. The normalized spacial score (nSPS) is 11.0. The summed E-state index contributed by atoms with van der Waals surface area (Å²) < 4.78 is 44.4. The molecule has 0 atom stereocenters. The topological polar surface area (TPSA) is 94.2 Å². The van der Waals surface area contributed by atoms with Crippen molar-refractivity contribution < 1.29 is 27.4 Å². The second-order valence-electron chi connectivity index (χ2n) is 7.97. The van der Waals surface area contributed by atoms with Crippen LogP contribution in [0.1, 0.15) is 11.1 Å². The molecule has 0 heterocycles. The Kier molecular flexibility index (Phi) is 9.06. The number of aryl methyl sites for hydroxylation is 2. The summed E-state index contributed by atoms with van der Waals surface area (Å²) in [5.41, 5.74) is 2.25. The van der Waals surface area contributed by atoms with E-state index in [2.05, 4.69) is 5.32 Å². The summed E-state index contributed by atoms with van der Waals surface area (Å²) >= 11 is 6.10. The predicted molar refractivity (Wildman–Crippen MR) is 140 cm³/mol. The van der Waals surface area contributed by atoms with Crippen molar-refractivity contribution in [3.8, 4) is 17.2 Å². The maximum Gasteiger partial charge on any atom is 0.264 e. The molecule has 3 rings (SSSR count). The van der Waals surface area contributed by atoms with Gasteiger partial charge in [0.05, 0.1) is 31.3 Å². The summed E-state index contributed by atoms with van der Waals surface area (Å²) in [6.07, 6.45) is 0. The third kappa shape index (κ3) is 6.61. The van der Waals surface area contributed by atoms with Crippen molar-refractivity contribution in [3.05, 3.63) is 76.8 Å². The molecule has 1 N–H and O–H groups in total. The quantitative estimate of drug-likeness (QED) is 0.369. The highest BCUT2D eigenvalue weighted by Gasteiger charge is 2.28. The van der Waals surface area contributed by atoms with Crippen LogP contribution >= 0.6 is 11.6 Å². The highest BCUT2D eigenvalue weighted by molar-refractivity contribution is 7.92. The van der Waals surface area contributed by atoms with E-state index in [1.165, 1.54) is 32.4 Å². The zero-order valence-corrected chi connectivity index (χ0v) is 22.2. The first-order chi connectivity index (χ1) is 17.1. The number of sulfonamides is 1. The molecular formula is C26H29ClN2O6S. The highest BCUT2D eigenvalue weighted by Crippen LogP contribution is 2.32. The van der Waals surface area contributed by atoms with Crippen LogP contribution < -0.4 is 23.8 Å². The van der Waals surface area contributed by atoms with E-state index >= 15 is 0 Å². The first-order valence-electron chi connectivity index (χ1n) is 11.1. The summed E-state index contributed by atoms with van der Waals surface area (Å²) in [6.45, 7) is 3.74. The van der Waals surface area contributed by atoms with E-state index in [4.69, 9.17) is 25.8 Å². The van der Waals surface area contributed by atoms with Crippen LogP contribution in [0.2, 0.25) is 5.02 Å². The van der Waals surface area contributed by atoms with Crippen LogP contribution in [0.4, 0.5) is 5.69 Å². The molecule has 0 aliphatic heterocycles. The van der Waals surface area contributed by atoms with E-state index in [0.29, 0.717) is 22.2 Å². The molecule has 8 nitrogen and oxygen atoms in total. The van der Waals surface area contributed by atoms with E-state index in [-0.39, 0.29) is 23.8 Å². The number of nitrogens with one attached hydrogen (secondary N) is 1. The first-order valence-corrected chi connectivity index (χ1v) is 12.9. The fourth-order valence-corrected chi connectivity index (χ4v) is 4.95. The van der Waals surface area contributed by atoms with Gasteiger partial charge in [-0.3, -0.25) is 9.10 Å². The molecule has 0 spiro atoms. The lowest BCUT2D eigenvalue weighted by atomic mass is 10.2. The number of carbonyl (C=O) groups excluding carboxylic acids is 1. The molecule has 192 valence electrons. The van der Waals surface area contributed by atoms with E-state index in [9.17, 15) is 13.2 Å². The number of hydrogen-bond donors (Lipinski definition) is 1. The molecule has 0 aliphatic carbocycles. The largest absolute Gasteiger partial charge is 0.493 e. The van der Waals surface area contributed by atoms with Crippen molar-refractivity contribution in [3.63, 3.8) is 0 Å². The number of benzene rings is 3. The van der Waals surface area contributed by atoms with Gasteiger partial charge in [0.15, 0.2) is 11.5 Å². The van der Waals surface area contributed by atoms with Gasteiger partial charge in [0.25, 0.3) is 10.0 Å². The number of hydrogen-bond acceptors (Lipinski definition) is 6. The number of ether oxygens (including phenoxy) is 3. The second-order valence-corrected chi connectivity index (χ2v) is 10.2. The number of halogens is 1. The number of methoxy groups -OCH3 is 2. The predicted octanol–water partition coefficient (Wildman–Crippen LogP) is 4.36. The Labute approximate surface area is 216 Å². The lowest BCUT2D eigenvalue weighted by molar-refractivity contribution is -0.119. The van der Waals surface area contributed by atoms with Gasteiger partial charge in [0, 0.05) is 11.1 Å². The van der Waals surface area contributed by atoms with Crippen molar-refractivity contribution in [2.75, 3.05) is 38.2 Å². The van der Waals surface area contributed by atoms with Crippen molar-refractivity contribution in [2.24, 2.45) is 0 Å². The molecule has 10 heteroatoms. The number of anilines is 1. The molecule has 0 saturated heterocycles. The van der Waals surface area contributed by atoms with E-state index in [1.807, 2.05) is 19.9 Å². The molecule has 36 heavy (non-hydrogen) atoms. The third-order valence-corrected chi connectivity index (χ3v) is 7.57. The van der Waals surface area contributed by atoms with Gasteiger partial charge in [-0.05, 0) is 55.8 Å². The van der Waals surface area contributed by atoms with Gasteiger partial charge in [-0.2, -0.15) is 0 Å². The van der Waals surface area contributed by atoms with Gasteiger partial charge in [0.1, 0.15) is 18.9 Å². The standard InChI is InChI=1S/C26H29ClN2O6S/c1-18-5-8-20(9-6-18)29(36(31,32)22-11-12-24(33-3)25(16-22)34-4)17-26(30)28-13-14-35-21-10-7-19(2)23(27)15-21/h5-12,15-16H,13-14,17H2,1-4H3,(H,28,30). The minimum absolute atomic E-state index is 0.0342. The fraction of sp³-hybridized carbons (Fsp3) is 0.269. The van der Waals surface area contributed by atoms with Crippen LogP contribution in [0, 0.1) is 13.8 Å². The minimum atomic E-state index is -4.11. The Balaban J connectivity index is 1.75. The van der Waals surface area contributed by atoms with Gasteiger partial charge >= 0.3 is 0 Å². The smallest absolute Gasteiger partial charge is 0.264 e.